The van der Waals surface area contributed by atoms with Crippen molar-refractivity contribution in [2.45, 2.75) is 20.0 Å². The Balaban J connectivity index is 2.80. The van der Waals surface area contributed by atoms with E-state index in [0.717, 1.165) is 27.6 Å². The standard InChI is InChI=1S/C11H12O2S/c1-2-7-5-8(6-12)9-3-4-14-11(9)10(7)13/h3-5,12-13H,2,6H2,1H3. The molecular formula is C11H12O2S. The summed E-state index contributed by atoms with van der Waals surface area (Å²) < 4.78 is 0.883. The van der Waals surface area contributed by atoms with E-state index in [1.165, 1.54) is 11.3 Å². The molecule has 0 aliphatic carbocycles. The largest absolute Gasteiger partial charge is 0.506 e. The van der Waals surface area contributed by atoms with Gasteiger partial charge < -0.3 is 10.2 Å². The number of hydrogen-bond donors (Lipinski definition) is 2. The van der Waals surface area contributed by atoms with E-state index in [2.05, 4.69) is 0 Å². The van der Waals surface area contributed by atoms with E-state index in [-0.39, 0.29) is 6.61 Å². The Morgan fingerprint density at radius 3 is 2.79 bits per heavy atom. The molecule has 0 aliphatic heterocycles. The van der Waals surface area contributed by atoms with Crippen molar-refractivity contribution < 1.29 is 10.2 Å². The van der Waals surface area contributed by atoms with Crippen LogP contribution in [0.3, 0.4) is 0 Å². The third-order valence-corrected chi connectivity index (χ3v) is 3.35. The average molecular weight is 208 g/mol. The van der Waals surface area contributed by atoms with Gasteiger partial charge in [0.15, 0.2) is 0 Å². The molecule has 1 heterocycles. The molecule has 1 aromatic carbocycles. The molecular weight excluding hydrogens is 196 g/mol. The molecule has 2 N–H and O–H groups in total. The average Bonchev–Trinajstić information content (AvgIpc) is 2.68. The van der Waals surface area contributed by atoms with Crippen molar-refractivity contribution in [1.29, 1.82) is 0 Å². The highest BCUT2D eigenvalue weighted by atomic mass is 32.1. The summed E-state index contributed by atoms with van der Waals surface area (Å²) in [5, 5.41) is 22.0. The molecule has 14 heavy (non-hydrogen) atoms. The van der Waals surface area contributed by atoms with Crippen LogP contribution in [-0.4, -0.2) is 10.2 Å². The van der Waals surface area contributed by atoms with Crippen LogP contribution in [0.4, 0.5) is 0 Å². The van der Waals surface area contributed by atoms with Crippen molar-refractivity contribution in [3.8, 4) is 5.75 Å². The van der Waals surface area contributed by atoms with Gasteiger partial charge in [-0.1, -0.05) is 6.92 Å². The number of hydrogen-bond acceptors (Lipinski definition) is 3. The first-order chi connectivity index (χ1) is 6.77. The van der Waals surface area contributed by atoms with E-state index in [1.54, 1.807) is 0 Å². The summed E-state index contributed by atoms with van der Waals surface area (Å²) in [6, 6.07) is 3.81. The number of aliphatic hydroxyl groups excluding tert-OH is 1. The molecule has 3 heteroatoms. The maximum atomic E-state index is 9.89. The number of phenols is 1. The second-order valence-corrected chi connectivity index (χ2v) is 4.13. The number of benzene rings is 1. The highest BCUT2D eigenvalue weighted by Crippen LogP contribution is 2.35. The molecule has 0 spiro atoms. The Morgan fingerprint density at radius 2 is 2.14 bits per heavy atom. The molecule has 2 nitrogen and oxygen atoms in total. The summed E-state index contributed by atoms with van der Waals surface area (Å²) in [7, 11) is 0. The third kappa shape index (κ3) is 1.29. The van der Waals surface area contributed by atoms with Gasteiger partial charge in [0.25, 0.3) is 0 Å². The fourth-order valence-corrected chi connectivity index (χ4v) is 2.56. The first kappa shape index (κ1) is 9.49. The minimum absolute atomic E-state index is 0.0283. The van der Waals surface area contributed by atoms with Gasteiger partial charge in [0.1, 0.15) is 5.75 Å². The Kier molecular flexibility index (Phi) is 2.44. The lowest BCUT2D eigenvalue weighted by atomic mass is 10.0. The molecule has 74 valence electrons. The fourth-order valence-electron chi connectivity index (χ4n) is 1.65. The number of thiophene rings is 1. The SMILES string of the molecule is CCc1cc(CO)c2ccsc2c1O. The molecule has 0 unspecified atom stereocenters. The van der Waals surface area contributed by atoms with Crippen LogP contribution in [-0.2, 0) is 13.0 Å². The number of phenolic OH excluding ortho intramolecular Hbond substituents is 1. The van der Waals surface area contributed by atoms with Crippen LogP contribution in [0.1, 0.15) is 18.1 Å². The first-order valence-corrected chi connectivity index (χ1v) is 5.47. The Bertz CT molecular complexity index is 460. The van der Waals surface area contributed by atoms with Crippen LogP contribution < -0.4 is 0 Å². The predicted octanol–water partition coefficient (Wildman–Crippen LogP) is 2.66. The highest BCUT2D eigenvalue weighted by Gasteiger charge is 2.10. The van der Waals surface area contributed by atoms with Gasteiger partial charge in [0, 0.05) is 5.39 Å². The molecule has 0 atom stereocenters. The summed E-state index contributed by atoms with van der Waals surface area (Å²) in [6.07, 6.45) is 0.784. The molecule has 2 aromatic rings. The monoisotopic (exact) mass is 208 g/mol. The van der Waals surface area contributed by atoms with E-state index in [0.29, 0.717) is 5.75 Å². The second kappa shape index (κ2) is 3.59. The lowest BCUT2D eigenvalue weighted by Gasteiger charge is -2.06. The summed E-state index contributed by atoms with van der Waals surface area (Å²) >= 11 is 1.51. The Hall–Kier alpha value is -1.06. The van der Waals surface area contributed by atoms with Gasteiger partial charge in [-0.05, 0) is 35.1 Å². The molecule has 1 aromatic heterocycles. The van der Waals surface area contributed by atoms with Crippen molar-refractivity contribution in [2.24, 2.45) is 0 Å². The molecule has 0 fully saturated rings. The predicted molar refractivity (Wildman–Crippen MR) is 58.8 cm³/mol. The summed E-state index contributed by atoms with van der Waals surface area (Å²) in [5.74, 6) is 0.370. The van der Waals surface area contributed by atoms with Gasteiger partial charge in [-0.3, -0.25) is 0 Å². The van der Waals surface area contributed by atoms with Gasteiger partial charge in [0.2, 0.25) is 0 Å². The van der Waals surface area contributed by atoms with Crippen LogP contribution in [0.15, 0.2) is 17.5 Å². The second-order valence-electron chi connectivity index (χ2n) is 3.22. The van der Waals surface area contributed by atoms with Crippen LogP contribution in [0.2, 0.25) is 0 Å². The molecule has 0 saturated heterocycles. The van der Waals surface area contributed by atoms with Crippen LogP contribution >= 0.6 is 11.3 Å². The number of aryl methyl sites for hydroxylation is 1. The number of fused-ring (bicyclic) bond motifs is 1. The maximum Gasteiger partial charge on any atom is 0.136 e. The quantitative estimate of drug-likeness (QED) is 0.796. The van der Waals surface area contributed by atoms with E-state index >= 15 is 0 Å². The molecule has 2 rings (SSSR count). The number of rotatable bonds is 2. The molecule has 0 aliphatic rings. The van der Waals surface area contributed by atoms with E-state index in [4.69, 9.17) is 0 Å². The van der Waals surface area contributed by atoms with Crippen molar-refractivity contribution in [2.75, 3.05) is 0 Å². The van der Waals surface area contributed by atoms with Crippen molar-refractivity contribution in [3.05, 3.63) is 28.6 Å². The van der Waals surface area contributed by atoms with Gasteiger partial charge >= 0.3 is 0 Å². The highest BCUT2D eigenvalue weighted by molar-refractivity contribution is 7.17. The smallest absolute Gasteiger partial charge is 0.136 e. The van der Waals surface area contributed by atoms with Crippen molar-refractivity contribution in [3.63, 3.8) is 0 Å². The minimum atomic E-state index is 0.0283. The van der Waals surface area contributed by atoms with Crippen LogP contribution in [0, 0.1) is 0 Å². The van der Waals surface area contributed by atoms with Crippen molar-refractivity contribution >= 4 is 21.4 Å². The zero-order valence-corrected chi connectivity index (χ0v) is 8.77. The van der Waals surface area contributed by atoms with Gasteiger partial charge in [0.05, 0.1) is 11.3 Å². The van der Waals surface area contributed by atoms with Crippen LogP contribution in [0.25, 0.3) is 10.1 Å². The Labute approximate surface area is 86.4 Å². The normalized spacial score (nSPS) is 11.0. The zero-order chi connectivity index (χ0) is 10.1. The summed E-state index contributed by atoms with van der Waals surface area (Å²) in [5.41, 5.74) is 1.81. The lowest BCUT2D eigenvalue weighted by Crippen LogP contribution is -1.89. The third-order valence-electron chi connectivity index (χ3n) is 2.43. The van der Waals surface area contributed by atoms with Crippen molar-refractivity contribution in [1.82, 2.24) is 0 Å². The number of aromatic hydroxyl groups is 1. The summed E-state index contributed by atoms with van der Waals surface area (Å²) in [6.45, 7) is 2.02. The minimum Gasteiger partial charge on any atom is -0.506 e. The van der Waals surface area contributed by atoms with E-state index < -0.39 is 0 Å². The lowest BCUT2D eigenvalue weighted by molar-refractivity contribution is 0.283. The molecule has 0 amide bonds. The molecule has 0 radical (unpaired) electrons. The van der Waals surface area contributed by atoms with Gasteiger partial charge in [-0.15, -0.1) is 11.3 Å². The van der Waals surface area contributed by atoms with E-state index in [9.17, 15) is 10.2 Å². The Morgan fingerprint density at radius 1 is 1.36 bits per heavy atom. The number of aliphatic hydroxyl groups is 1. The van der Waals surface area contributed by atoms with Gasteiger partial charge in [-0.2, -0.15) is 0 Å². The van der Waals surface area contributed by atoms with Gasteiger partial charge in [-0.25, -0.2) is 0 Å². The molecule has 0 bridgehead atoms. The maximum absolute atomic E-state index is 9.89. The topological polar surface area (TPSA) is 40.5 Å². The summed E-state index contributed by atoms with van der Waals surface area (Å²) in [4.78, 5) is 0. The van der Waals surface area contributed by atoms with E-state index in [1.807, 2.05) is 24.4 Å². The van der Waals surface area contributed by atoms with Crippen LogP contribution in [0.5, 0.6) is 5.75 Å². The fraction of sp³-hybridized carbons (Fsp3) is 0.273. The zero-order valence-electron chi connectivity index (χ0n) is 7.95. The molecule has 0 saturated carbocycles. The first-order valence-electron chi connectivity index (χ1n) is 4.59.